The molecule has 0 bridgehead atoms. The van der Waals surface area contributed by atoms with Gasteiger partial charge in [0.2, 0.25) is 0 Å². The number of hydrogen-bond donors (Lipinski definition) is 0. The van der Waals surface area contributed by atoms with Crippen LogP contribution in [0.4, 0.5) is 0 Å². The Hall–Kier alpha value is -6.90. The third-order valence-corrected chi connectivity index (χ3v) is 11.8. The maximum atomic E-state index is 6.70. The van der Waals surface area contributed by atoms with Gasteiger partial charge in [-0.15, -0.1) is 0 Å². The molecule has 0 atom stereocenters. The summed E-state index contributed by atoms with van der Waals surface area (Å²) in [5.74, 6) is 1.81. The highest BCUT2D eigenvalue weighted by Gasteiger charge is 2.51. The predicted octanol–water partition coefficient (Wildman–Crippen LogP) is 13.2. The fourth-order valence-electron chi connectivity index (χ4n) is 9.57. The van der Waals surface area contributed by atoms with Crippen molar-refractivity contribution < 1.29 is 4.74 Å². The van der Waals surface area contributed by atoms with E-state index in [9.17, 15) is 0 Å². The normalized spacial score (nSPS) is 13.6. The lowest BCUT2D eigenvalue weighted by atomic mass is 9.66. The Labute approximate surface area is 306 Å². The van der Waals surface area contributed by atoms with Crippen molar-refractivity contribution in [2.75, 3.05) is 0 Å². The summed E-state index contributed by atoms with van der Waals surface area (Å²) in [5.41, 5.74) is 13.0. The number of para-hydroxylation sites is 1. The Bertz CT molecular complexity index is 3100. The van der Waals surface area contributed by atoms with Crippen LogP contribution in [0.2, 0.25) is 0 Å². The van der Waals surface area contributed by atoms with Gasteiger partial charge in [0.1, 0.15) is 11.5 Å². The number of aromatic nitrogens is 1. The minimum Gasteiger partial charge on any atom is -0.457 e. The van der Waals surface area contributed by atoms with Crippen LogP contribution in [-0.2, 0) is 5.41 Å². The van der Waals surface area contributed by atoms with Gasteiger partial charge in [-0.25, -0.2) is 0 Å². The minimum atomic E-state index is -0.486. The zero-order chi connectivity index (χ0) is 34.7. The number of fused-ring (bicyclic) bond motifs is 15. The quantitative estimate of drug-likeness (QED) is 0.178. The molecule has 0 radical (unpaired) electrons. The summed E-state index contributed by atoms with van der Waals surface area (Å²) in [4.78, 5) is 0. The van der Waals surface area contributed by atoms with Crippen molar-refractivity contribution in [2.24, 2.45) is 0 Å². The Morgan fingerprint density at radius 2 is 0.981 bits per heavy atom. The molecule has 0 saturated carbocycles. The van der Waals surface area contributed by atoms with Crippen LogP contribution >= 0.6 is 0 Å². The van der Waals surface area contributed by atoms with E-state index in [1.807, 2.05) is 0 Å². The summed E-state index contributed by atoms with van der Waals surface area (Å²) in [6.45, 7) is 0. The topological polar surface area (TPSA) is 14.2 Å². The average Bonchev–Trinajstić information content (AvgIpc) is 3.71. The van der Waals surface area contributed by atoms with Gasteiger partial charge in [-0.05, 0) is 92.0 Å². The number of rotatable bonds is 2. The van der Waals surface area contributed by atoms with Gasteiger partial charge in [0.25, 0.3) is 0 Å². The van der Waals surface area contributed by atoms with E-state index in [-0.39, 0.29) is 0 Å². The van der Waals surface area contributed by atoms with E-state index in [0.717, 1.165) is 22.7 Å². The molecule has 0 amide bonds. The average molecular weight is 674 g/mol. The molecule has 2 aliphatic rings. The molecule has 2 heterocycles. The standard InChI is InChI=1S/C51H31NO/c1-2-13-35-31-47-42(29-34(35)12-1)41-27-23-33-11-3-4-14-38(33)50(41)52(47)37-25-21-32(22-26-37)36-24-28-49-46(30-36)51(45-19-9-10-20-48(45)53-49)43-17-7-5-15-39(43)40-16-6-8-18-44(40)51/h1-31H. The number of hydrogen-bond acceptors (Lipinski definition) is 1. The molecule has 246 valence electrons. The molecule has 1 aromatic heterocycles. The molecule has 0 fully saturated rings. The molecule has 2 heteroatoms. The first-order valence-corrected chi connectivity index (χ1v) is 18.3. The monoisotopic (exact) mass is 673 g/mol. The van der Waals surface area contributed by atoms with Crippen molar-refractivity contribution in [2.45, 2.75) is 5.41 Å². The van der Waals surface area contributed by atoms with Crippen LogP contribution in [0.1, 0.15) is 22.3 Å². The first-order valence-electron chi connectivity index (χ1n) is 18.3. The highest BCUT2D eigenvalue weighted by atomic mass is 16.5. The van der Waals surface area contributed by atoms with Crippen LogP contribution in [0.25, 0.3) is 71.3 Å². The zero-order valence-electron chi connectivity index (χ0n) is 28.8. The number of ether oxygens (including phenoxy) is 1. The van der Waals surface area contributed by atoms with Gasteiger partial charge >= 0.3 is 0 Å². The highest BCUT2D eigenvalue weighted by molar-refractivity contribution is 6.20. The molecule has 2 nitrogen and oxygen atoms in total. The second kappa shape index (κ2) is 10.6. The van der Waals surface area contributed by atoms with Gasteiger partial charge in [0.05, 0.1) is 16.4 Å². The second-order valence-electron chi connectivity index (χ2n) is 14.4. The van der Waals surface area contributed by atoms with Gasteiger partial charge in [0.15, 0.2) is 0 Å². The number of nitrogens with zero attached hydrogens (tertiary/aromatic N) is 1. The Morgan fingerprint density at radius 1 is 0.377 bits per heavy atom. The third-order valence-electron chi connectivity index (χ3n) is 11.8. The van der Waals surface area contributed by atoms with Crippen LogP contribution in [0.15, 0.2) is 188 Å². The molecule has 0 N–H and O–H groups in total. The Morgan fingerprint density at radius 3 is 1.75 bits per heavy atom. The molecule has 53 heavy (non-hydrogen) atoms. The SMILES string of the molecule is c1ccc2c(c1)Oc1ccc(-c3ccc(-n4c5cc6ccccc6cc5c5ccc6ccccc6c54)cc3)cc1C21c2ccccc2-c2ccccc21. The molecule has 0 saturated heterocycles. The van der Waals surface area contributed by atoms with Crippen molar-refractivity contribution in [3.63, 3.8) is 0 Å². The highest BCUT2D eigenvalue weighted by Crippen LogP contribution is 2.62. The zero-order valence-corrected chi connectivity index (χ0v) is 28.8. The molecule has 1 aliphatic heterocycles. The Kier molecular flexibility index (Phi) is 5.73. The van der Waals surface area contributed by atoms with Crippen molar-refractivity contribution >= 4 is 43.4 Å². The van der Waals surface area contributed by atoms with E-state index in [2.05, 4.69) is 193 Å². The third kappa shape index (κ3) is 3.82. The molecule has 10 aromatic rings. The lowest BCUT2D eigenvalue weighted by Gasteiger charge is -2.39. The van der Waals surface area contributed by atoms with Crippen LogP contribution in [0, 0.1) is 0 Å². The smallest absolute Gasteiger partial charge is 0.132 e. The maximum absolute atomic E-state index is 6.70. The van der Waals surface area contributed by atoms with Gasteiger partial charge in [0, 0.05) is 33.0 Å². The van der Waals surface area contributed by atoms with Gasteiger partial charge in [-0.3, -0.25) is 0 Å². The summed E-state index contributed by atoms with van der Waals surface area (Å²) >= 11 is 0. The molecule has 1 aliphatic carbocycles. The first kappa shape index (κ1) is 28.8. The van der Waals surface area contributed by atoms with Crippen LogP contribution in [-0.4, -0.2) is 4.57 Å². The molecule has 0 unspecified atom stereocenters. The lowest BCUT2D eigenvalue weighted by molar-refractivity contribution is 0.436. The van der Waals surface area contributed by atoms with Crippen molar-refractivity contribution in [1.29, 1.82) is 0 Å². The van der Waals surface area contributed by atoms with E-state index in [1.54, 1.807) is 0 Å². The summed E-state index contributed by atoms with van der Waals surface area (Å²) in [6.07, 6.45) is 0. The first-order chi connectivity index (χ1) is 26.3. The van der Waals surface area contributed by atoms with E-state index < -0.39 is 5.41 Å². The van der Waals surface area contributed by atoms with E-state index in [0.29, 0.717) is 0 Å². The number of benzene rings is 9. The van der Waals surface area contributed by atoms with Crippen molar-refractivity contribution in [1.82, 2.24) is 4.57 Å². The molecule has 12 rings (SSSR count). The largest absolute Gasteiger partial charge is 0.457 e. The summed E-state index contributed by atoms with van der Waals surface area (Å²) < 4.78 is 9.16. The predicted molar refractivity (Wildman–Crippen MR) is 219 cm³/mol. The van der Waals surface area contributed by atoms with E-state index in [1.165, 1.54) is 82.3 Å². The summed E-state index contributed by atoms with van der Waals surface area (Å²) in [7, 11) is 0. The van der Waals surface area contributed by atoms with Crippen LogP contribution < -0.4 is 4.74 Å². The van der Waals surface area contributed by atoms with E-state index in [4.69, 9.17) is 4.74 Å². The molecule has 9 aromatic carbocycles. The molecular formula is C51H31NO. The van der Waals surface area contributed by atoms with Crippen LogP contribution in [0.3, 0.4) is 0 Å². The van der Waals surface area contributed by atoms with Crippen molar-refractivity contribution in [3.8, 4) is 39.4 Å². The lowest BCUT2D eigenvalue weighted by Crippen LogP contribution is -2.32. The maximum Gasteiger partial charge on any atom is 0.132 e. The van der Waals surface area contributed by atoms with Gasteiger partial charge in [-0.1, -0.05) is 146 Å². The van der Waals surface area contributed by atoms with Crippen LogP contribution in [0.5, 0.6) is 11.5 Å². The fourth-order valence-corrected chi connectivity index (χ4v) is 9.57. The molecule has 1 spiro atoms. The van der Waals surface area contributed by atoms with Gasteiger partial charge in [-0.2, -0.15) is 0 Å². The summed E-state index contributed by atoms with van der Waals surface area (Å²) in [6, 6.07) is 68.9. The van der Waals surface area contributed by atoms with E-state index >= 15 is 0 Å². The minimum absolute atomic E-state index is 0.486. The summed E-state index contributed by atoms with van der Waals surface area (Å²) in [5, 5.41) is 7.54. The van der Waals surface area contributed by atoms with Crippen molar-refractivity contribution in [3.05, 3.63) is 210 Å². The van der Waals surface area contributed by atoms with Gasteiger partial charge < -0.3 is 9.30 Å². The second-order valence-corrected chi connectivity index (χ2v) is 14.4. The molecular weight excluding hydrogens is 643 g/mol. The Balaban J connectivity index is 1.06. The fraction of sp³-hybridized carbons (Fsp3) is 0.0196.